The molecule has 0 aromatic carbocycles. The zero-order valence-corrected chi connectivity index (χ0v) is 12.0. The number of carbonyl (C=O) groups is 2. The van der Waals surface area contributed by atoms with E-state index in [2.05, 4.69) is 10.3 Å². The Kier molecular flexibility index (Phi) is 4.06. The largest absolute Gasteiger partial charge is 0.481 e. The van der Waals surface area contributed by atoms with Gasteiger partial charge in [-0.2, -0.15) is 0 Å². The Morgan fingerprint density at radius 2 is 1.90 bits per heavy atom. The molecule has 0 radical (unpaired) electrons. The number of aryl methyl sites for hydroxylation is 2. The Hall–Kier alpha value is -1.91. The van der Waals surface area contributed by atoms with E-state index in [1.807, 2.05) is 26.8 Å². The van der Waals surface area contributed by atoms with Crippen molar-refractivity contribution in [2.45, 2.75) is 33.6 Å². The van der Waals surface area contributed by atoms with Crippen LogP contribution in [-0.4, -0.2) is 22.0 Å². The van der Waals surface area contributed by atoms with Gasteiger partial charge in [-0.05, 0) is 50.3 Å². The molecule has 1 aliphatic carbocycles. The number of aliphatic carboxylic acids is 1. The fourth-order valence-corrected chi connectivity index (χ4v) is 2.98. The van der Waals surface area contributed by atoms with Crippen LogP contribution in [0.15, 0.2) is 12.1 Å². The quantitative estimate of drug-likeness (QED) is 0.888. The first kappa shape index (κ1) is 14.5. The summed E-state index contributed by atoms with van der Waals surface area (Å²) < 4.78 is 0. The lowest BCUT2D eigenvalue weighted by Crippen LogP contribution is -2.30. The highest BCUT2D eigenvalue weighted by atomic mass is 16.4. The molecule has 5 heteroatoms. The summed E-state index contributed by atoms with van der Waals surface area (Å²) in [4.78, 5) is 27.8. The van der Waals surface area contributed by atoms with Crippen LogP contribution in [0, 0.1) is 31.6 Å². The van der Waals surface area contributed by atoms with Crippen LogP contribution in [0.3, 0.4) is 0 Å². The van der Waals surface area contributed by atoms with Crippen molar-refractivity contribution in [1.82, 2.24) is 4.98 Å². The average Bonchev–Trinajstić information content (AvgIpc) is 2.70. The van der Waals surface area contributed by atoms with Gasteiger partial charge in [-0.15, -0.1) is 0 Å². The fraction of sp³-hybridized carbons (Fsp3) is 0.533. The molecule has 0 bridgehead atoms. The molecule has 1 amide bonds. The predicted octanol–water partition coefficient (Wildman–Crippen LogP) is 2.38. The van der Waals surface area contributed by atoms with Gasteiger partial charge >= 0.3 is 5.97 Å². The van der Waals surface area contributed by atoms with Crippen molar-refractivity contribution in [3.8, 4) is 0 Å². The van der Waals surface area contributed by atoms with Gasteiger partial charge in [-0.25, -0.2) is 4.98 Å². The highest BCUT2D eigenvalue weighted by Crippen LogP contribution is 2.37. The third-order valence-corrected chi connectivity index (χ3v) is 3.80. The lowest BCUT2D eigenvalue weighted by molar-refractivity contribution is -0.145. The van der Waals surface area contributed by atoms with Crippen molar-refractivity contribution >= 4 is 17.7 Å². The van der Waals surface area contributed by atoms with Crippen molar-refractivity contribution in [3.63, 3.8) is 0 Å². The number of carbonyl (C=O) groups excluding carboxylic acids is 1. The summed E-state index contributed by atoms with van der Waals surface area (Å²) in [6, 6.07) is 3.71. The molecule has 0 spiro atoms. The molecule has 0 saturated heterocycles. The Labute approximate surface area is 118 Å². The highest BCUT2D eigenvalue weighted by Gasteiger charge is 2.41. The summed E-state index contributed by atoms with van der Waals surface area (Å²) in [7, 11) is 0. The smallest absolute Gasteiger partial charge is 0.307 e. The molecule has 1 saturated carbocycles. The number of amides is 1. The molecule has 108 valence electrons. The number of carboxylic acids is 1. The molecule has 1 unspecified atom stereocenters. The minimum Gasteiger partial charge on any atom is -0.481 e. The Balaban J connectivity index is 2.13. The summed E-state index contributed by atoms with van der Waals surface area (Å²) >= 11 is 0. The van der Waals surface area contributed by atoms with E-state index in [4.69, 9.17) is 0 Å². The van der Waals surface area contributed by atoms with Gasteiger partial charge in [0.2, 0.25) is 5.91 Å². The van der Waals surface area contributed by atoms with E-state index >= 15 is 0 Å². The van der Waals surface area contributed by atoms with Crippen molar-refractivity contribution in [3.05, 3.63) is 23.4 Å². The maximum atomic E-state index is 12.3. The number of hydrogen-bond donors (Lipinski definition) is 2. The number of rotatable bonds is 3. The molecule has 20 heavy (non-hydrogen) atoms. The first-order chi connectivity index (χ1) is 9.36. The normalized spacial score (nSPS) is 25.4. The van der Waals surface area contributed by atoms with Crippen molar-refractivity contribution < 1.29 is 14.7 Å². The topological polar surface area (TPSA) is 79.3 Å². The maximum absolute atomic E-state index is 12.3. The minimum atomic E-state index is -0.886. The summed E-state index contributed by atoms with van der Waals surface area (Å²) in [5, 5.41) is 12.0. The van der Waals surface area contributed by atoms with Gasteiger partial charge in [0, 0.05) is 5.69 Å². The van der Waals surface area contributed by atoms with E-state index < -0.39 is 17.8 Å². The van der Waals surface area contributed by atoms with E-state index in [-0.39, 0.29) is 11.8 Å². The number of carboxylic acid groups (broad SMARTS) is 1. The van der Waals surface area contributed by atoms with Crippen LogP contribution in [-0.2, 0) is 9.59 Å². The van der Waals surface area contributed by atoms with Crippen LogP contribution < -0.4 is 5.32 Å². The van der Waals surface area contributed by atoms with E-state index in [0.717, 1.165) is 11.3 Å². The summed E-state index contributed by atoms with van der Waals surface area (Å²) in [5.41, 5.74) is 1.84. The molecule has 1 aliphatic rings. The molecular formula is C15H20N2O3. The monoisotopic (exact) mass is 276 g/mol. The van der Waals surface area contributed by atoms with E-state index in [1.54, 1.807) is 6.07 Å². The summed E-state index contributed by atoms with van der Waals surface area (Å²) in [6.07, 6.45) is 1.18. The standard InChI is InChI=1S/C15H20N2O3/c1-8-4-10(3)16-13(7-8)17-14(18)11-5-9(2)6-12(11)15(19)20/h4,7,9,11-12H,5-6H2,1-3H3,(H,19,20)(H,16,17,18)/t9?,11-,12+/m0/s1. The van der Waals surface area contributed by atoms with Crippen LogP contribution in [0.4, 0.5) is 5.82 Å². The number of hydrogen-bond acceptors (Lipinski definition) is 3. The minimum absolute atomic E-state index is 0.237. The predicted molar refractivity (Wildman–Crippen MR) is 75.4 cm³/mol. The first-order valence-electron chi connectivity index (χ1n) is 6.85. The molecule has 3 atom stereocenters. The SMILES string of the molecule is Cc1cc(C)nc(NC(=O)[C@H]2CC(C)C[C@H]2C(=O)O)c1. The van der Waals surface area contributed by atoms with Gasteiger partial charge in [0.25, 0.3) is 0 Å². The lowest BCUT2D eigenvalue weighted by atomic mass is 9.95. The van der Waals surface area contributed by atoms with Crippen LogP contribution in [0.1, 0.15) is 31.0 Å². The van der Waals surface area contributed by atoms with Crippen LogP contribution >= 0.6 is 0 Å². The third kappa shape index (κ3) is 3.15. The van der Waals surface area contributed by atoms with Crippen LogP contribution in [0.5, 0.6) is 0 Å². The van der Waals surface area contributed by atoms with E-state index in [0.29, 0.717) is 18.7 Å². The van der Waals surface area contributed by atoms with Crippen molar-refractivity contribution in [2.24, 2.45) is 17.8 Å². The van der Waals surface area contributed by atoms with Crippen LogP contribution in [0.2, 0.25) is 0 Å². The zero-order valence-electron chi connectivity index (χ0n) is 12.0. The number of anilines is 1. The van der Waals surface area contributed by atoms with E-state index in [9.17, 15) is 14.7 Å². The molecule has 1 heterocycles. The maximum Gasteiger partial charge on any atom is 0.307 e. The average molecular weight is 276 g/mol. The molecule has 5 nitrogen and oxygen atoms in total. The number of nitrogens with one attached hydrogen (secondary N) is 1. The Morgan fingerprint density at radius 1 is 1.25 bits per heavy atom. The van der Waals surface area contributed by atoms with E-state index in [1.165, 1.54) is 0 Å². The molecular weight excluding hydrogens is 256 g/mol. The Morgan fingerprint density at radius 3 is 2.50 bits per heavy atom. The van der Waals surface area contributed by atoms with Gasteiger partial charge in [0.1, 0.15) is 5.82 Å². The molecule has 2 N–H and O–H groups in total. The number of aromatic nitrogens is 1. The van der Waals surface area contributed by atoms with Gasteiger partial charge < -0.3 is 10.4 Å². The first-order valence-corrected chi connectivity index (χ1v) is 6.85. The second-order valence-electron chi connectivity index (χ2n) is 5.79. The summed E-state index contributed by atoms with van der Waals surface area (Å²) in [5.74, 6) is -1.42. The number of pyridine rings is 1. The molecule has 1 fully saturated rings. The van der Waals surface area contributed by atoms with Gasteiger partial charge in [0.05, 0.1) is 11.8 Å². The number of nitrogens with zero attached hydrogens (tertiary/aromatic N) is 1. The lowest BCUT2D eigenvalue weighted by Gasteiger charge is -2.15. The highest BCUT2D eigenvalue weighted by molar-refractivity contribution is 5.94. The molecule has 1 aromatic rings. The van der Waals surface area contributed by atoms with Gasteiger partial charge in [0.15, 0.2) is 0 Å². The second kappa shape index (κ2) is 5.61. The summed E-state index contributed by atoms with van der Waals surface area (Å²) in [6.45, 7) is 5.78. The van der Waals surface area contributed by atoms with Crippen molar-refractivity contribution in [1.29, 1.82) is 0 Å². The molecule has 2 rings (SSSR count). The second-order valence-corrected chi connectivity index (χ2v) is 5.79. The van der Waals surface area contributed by atoms with Crippen LogP contribution in [0.25, 0.3) is 0 Å². The van der Waals surface area contributed by atoms with Gasteiger partial charge in [-0.3, -0.25) is 9.59 Å². The third-order valence-electron chi connectivity index (χ3n) is 3.80. The molecule has 1 aromatic heterocycles. The molecule has 0 aliphatic heterocycles. The van der Waals surface area contributed by atoms with Gasteiger partial charge in [-0.1, -0.05) is 6.92 Å². The fourth-order valence-electron chi connectivity index (χ4n) is 2.98. The zero-order chi connectivity index (χ0) is 14.9. The van der Waals surface area contributed by atoms with Crippen molar-refractivity contribution in [2.75, 3.05) is 5.32 Å². The Bertz CT molecular complexity index is 522.